The molecule has 1 heterocycles. The Balaban J connectivity index is 1.56. The maximum atomic E-state index is 12.5. The van der Waals surface area contributed by atoms with E-state index in [9.17, 15) is 13.2 Å². The van der Waals surface area contributed by atoms with Gasteiger partial charge in [-0.05, 0) is 80.9 Å². The molecule has 0 radical (unpaired) electrons. The van der Waals surface area contributed by atoms with Gasteiger partial charge in [0.15, 0.2) is 0 Å². The number of likely N-dealkylation sites (tertiary alicyclic amines) is 1. The van der Waals surface area contributed by atoms with Crippen LogP contribution in [-0.4, -0.2) is 52.5 Å². The molecule has 7 nitrogen and oxygen atoms in total. The van der Waals surface area contributed by atoms with Gasteiger partial charge in [-0.3, -0.25) is 4.79 Å². The summed E-state index contributed by atoms with van der Waals surface area (Å²) in [7, 11) is -1.99. The first-order valence-electron chi connectivity index (χ1n) is 10.2. The van der Waals surface area contributed by atoms with Crippen LogP contribution < -0.4 is 14.8 Å². The third-order valence-electron chi connectivity index (χ3n) is 5.25. The van der Waals surface area contributed by atoms with Crippen LogP contribution in [0.1, 0.15) is 35.2 Å². The number of ether oxygens (including phenoxy) is 1. The molecular formula is C22H29N3O4S. The number of amides is 1. The molecule has 162 valence electrons. The van der Waals surface area contributed by atoms with Crippen LogP contribution in [0.15, 0.2) is 47.4 Å². The van der Waals surface area contributed by atoms with Crippen molar-refractivity contribution in [3.8, 4) is 5.75 Å². The van der Waals surface area contributed by atoms with Crippen molar-refractivity contribution in [3.63, 3.8) is 0 Å². The van der Waals surface area contributed by atoms with E-state index in [-0.39, 0.29) is 10.8 Å². The lowest BCUT2D eigenvalue weighted by molar-refractivity contribution is 0.102. The molecule has 2 aromatic rings. The van der Waals surface area contributed by atoms with Gasteiger partial charge in [0.1, 0.15) is 5.75 Å². The van der Waals surface area contributed by atoms with Crippen molar-refractivity contribution in [1.82, 2.24) is 9.62 Å². The molecule has 1 amide bonds. The molecule has 0 saturated carbocycles. The largest absolute Gasteiger partial charge is 0.496 e. The summed E-state index contributed by atoms with van der Waals surface area (Å²) in [6, 6.07) is 11.4. The van der Waals surface area contributed by atoms with Crippen molar-refractivity contribution in [1.29, 1.82) is 0 Å². The summed E-state index contributed by atoms with van der Waals surface area (Å²) in [5, 5.41) is 2.79. The van der Waals surface area contributed by atoms with Gasteiger partial charge < -0.3 is 15.0 Å². The highest BCUT2D eigenvalue weighted by Gasteiger charge is 2.16. The van der Waals surface area contributed by atoms with E-state index in [2.05, 4.69) is 14.9 Å². The quantitative estimate of drug-likeness (QED) is 0.671. The molecule has 1 fully saturated rings. The van der Waals surface area contributed by atoms with Crippen LogP contribution in [-0.2, 0) is 10.0 Å². The molecule has 0 aliphatic carbocycles. The smallest absolute Gasteiger partial charge is 0.255 e. The normalized spacial score (nSPS) is 15.0. The monoisotopic (exact) mass is 431 g/mol. The topological polar surface area (TPSA) is 87.7 Å². The van der Waals surface area contributed by atoms with E-state index in [1.54, 1.807) is 37.4 Å². The summed E-state index contributed by atoms with van der Waals surface area (Å²) in [6.07, 6.45) is 3.61. The van der Waals surface area contributed by atoms with Crippen molar-refractivity contribution < 1.29 is 17.9 Å². The van der Waals surface area contributed by atoms with Crippen LogP contribution in [0.2, 0.25) is 0 Å². The Morgan fingerprint density at radius 3 is 2.40 bits per heavy atom. The molecular weight excluding hydrogens is 402 g/mol. The maximum Gasteiger partial charge on any atom is 0.255 e. The first kappa shape index (κ1) is 22.3. The minimum absolute atomic E-state index is 0.180. The Bertz CT molecular complexity index is 968. The fraction of sp³-hybridized carbons (Fsp3) is 0.409. The predicted octanol–water partition coefficient (Wildman–Crippen LogP) is 3.02. The molecule has 0 unspecified atom stereocenters. The number of methoxy groups -OCH3 is 1. The van der Waals surface area contributed by atoms with Crippen LogP contribution in [0.5, 0.6) is 5.75 Å². The fourth-order valence-electron chi connectivity index (χ4n) is 3.54. The minimum Gasteiger partial charge on any atom is -0.496 e. The Morgan fingerprint density at radius 1 is 1.07 bits per heavy atom. The number of carbonyl (C=O) groups is 1. The van der Waals surface area contributed by atoms with E-state index in [0.717, 1.165) is 18.7 Å². The van der Waals surface area contributed by atoms with Crippen molar-refractivity contribution >= 4 is 21.6 Å². The number of nitrogens with one attached hydrogen (secondary N) is 2. The molecule has 1 saturated heterocycles. The molecule has 0 aromatic heterocycles. The molecule has 0 atom stereocenters. The van der Waals surface area contributed by atoms with E-state index in [0.29, 0.717) is 30.1 Å². The van der Waals surface area contributed by atoms with Crippen LogP contribution in [0.25, 0.3) is 0 Å². The molecule has 30 heavy (non-hydrogen) atoms. The molecule has 0 bridgehead atoms. The lowest BCUT2D eigenvalue weighted by atomic mass is 10.1. The van der Waals surface area contributed by atoms with Crippen molar-refractivity contribution in [2.75, 3.05) is 38.6 Å². The van der Waals surface area contributed by atoms with Crippen molar-refractivity contribution in [2.45, 2.75) is 31.1 Å². The summed E-state index contributed by atoms with van der Waals surface area (Å²) >= 11 is 0. The Labute approximate surface area is 178 Å². The lowest BCUT2D eigenvalue weighted by Gasteiger charge is -2.26. The second kappa shape index (κ2) is 10.1. The Kier molecular flexibility index (Phi) is 7.47. The highest BCUT2D eigenvalue weighted by atomic mass is 32.2. The number of benzene rings is 2. The van der Waals surface area contributed by atoms with Crippen LogP contribution >= 0.6 is 0 Å². The highest BCUT2D eigenvalue weighted by molar-refractivity contribution is 7.89. The summed E-state index contributed by atoms with van der Waals surface area (Å²) in [5.41, 5.74) is 1.90. The number of aryl methyl sites for hydroxylation is 1. The summed E-state index contributed by atoms with van der Waals surface area (Å²) in [5.74, 6) is 0.449. The van der Waals surface area contributed by atoms with E-state index >= 15 is 0 Å². The predicted molar refractivity (Wildman–Crippen MR) is 118 cm³/mol. The van der Waals surface area contributed by atoms with Gasteiger partial charge in [-0.1, -0.05) is 6.42 Å². The average Bonchev–Trinajstić information content (AvgIpc) is 2.74. The highest BCUT2D eigenvalue weighted by Crippen LogP contribution is 2.20. The molecule has 1 aliphatic rings. The summed E-state index contributed by atoms with van der Waals surface area (Å²) in [4.78, 5) is 14.9. The molecule has 2 N–H and O–H groups in total. The molecule has 3 rings (SSSR count). The second-order valence-corrected chi connectivity index (χ2v) is 9.23. The Morgan fingerprint density at radius 2 is 1.77 bits per heavy atom. The molecule has 1 aliphatic heterocycles. The third-order valence-corrected chi connectivity index (χ3v) is 6.73. The van der Waals surface area contributed by atoms with Crippen LogP contribution in [0, 0.1) is 6.92 Å². The average molecular weight is 432 g/mol. The molecule has 0 spiro atoms. The Hall–Kier alpha value is -2.42. The van der Waals surface area contributed by atoms with Gasteiger partial charge in [0, 0.05) is 24.3 Å². The van der Waals surface area contributed by atoms with Gasteiger partial charge >= 0.3 is 0 Å². The number of anilines is 1. The first-order chi connectivity index (χ1) is 14.4. The zero-order valence-corrected chi connectivity index (χ0v) is 18.3. The number of carbonyl (C=O) groups excluding carboxylic acids is 1. The lowest BCUT2D eigenvalue weighted by Crippen LogP contribution is -2.37. The van der Waals surface area contributed by atoms with E-state index < -0.39 is 10.0 Å². The van der Waals surface area contributed by atoms with Crippen LogP contribution in [0.4, 0.5) is 5.69 Å². The molecule has 2 aromatic carbocycles. The van der Waals surface area contributed by atoms with E-state index in [4.69, 9.17) is 4.74 Å². The maximum absolute atomic E-state index is 12.5. The number of nitrogens with zero attached hydrogens (tertiary/aromatic N) is 1. The molecule has 8 heteroatoms. The van der Waals surface area contributed by atoms with Gasteiger partial charge in [-0.2, -0.15) is 0 Å². The zero-order valence-electron chi connectivity index (χ0n) is 17.5. The van der Waals surface area contributed by atoms with Gasteiger partial charge in [-0.25, -0.2) is 13.1 Å². The number of sulfonamides is 1. The van der Waals surface area contributed by atoms with Crippen molar-refractivity contribution in [2.24, 2.45) is 0 Å². The van der Waals surface area contributed by atoms with Gasteiger partial charge in [-0.15, -0.1) is 0 Å². The van der Waals surface area contributed by atoms with Gasteiger partial charge in [0.2, 0.25) is 10.0 Å². The first-order valence-corrected chi connectivity index (χ1v) is 11.7. The van der Waals surface area contributed by atoms with Crippen LogP contribution in [0.3, 0.4) is 0 Å². The van der Waals surface area contributed by atoms with Gasteiger partial charge in [0.05, 0.1) is 12.0 Å². The second-order valence-electron chi connectivity index (χ2n) is 7.46. The van der Waals surface area contributed by atoms with E-state index in [1.165, 1.54) is 31.4 Å². The van der Waals surface area contributed by atoms with Gasteiger partial charge in [0.25, 0.3) is 5.91 Å². The standard InChI is InChI=1S/C22H29N3O4S/c1-17-16-18(6-11-21(17)29-2)22(26)24-19-7-9-20(10-8-19)30(27,28)23-12-15-25-13-4-3-5-14-25/h6-11,16,23H,3-5,12-15H2,1-2H3,(H,24,26). The minimum atomic E-state index is -3.58. The summed E-state index contributed by atoms with van der Waals surface area (Å²) in [6.45, 7) is 5.04. The van der Waals surface area contributed by atoms with Crippen molar-refractivity contribution in [3.05, 3.63) is 53.6 Å². The third kappa shape index (κ3) is 5.81. The number of hydrogen-bond donors (Lipinski definition) is 2. The number of piperidine rings is 1. The SMILES string of the molecule is COc1ccc(C(=O)Nc2ccc(S(=O)(=O)NCCN3CCCCC3)cc2)cc1C. The number of rotatable bonds is 8. The number of hydrogen-bond acceptors (Lipinski definition) is 5. The zero-order chi connectivity index (χ0) is 21.6. The fourth-order valence-corrected chi connectivity index (χ4v) is 4.57. The van der Waals surface area contributed by atoms with E-state index in [1.807, 2.05) is 6.92 Å². The summed E-state index contributed by atoms with van der Waals surface area (Å²) < 4.78 is 32.9.